The summed E-state index contributed by atoms with van der Waals surface area (Å²) in [7, 11) is 0. The topological polar surface area (TPSA) is 77.8 Å². The number of nitrogens with zero attached hydrogens (tertiary/aromatic N) is 1. The van der Waals surface area contributed by atoms with Crippen LogP contribution in [0.4, 0.5) is 0 Å². The summed E-state index contributed by atoms with van der Waals surface area (Å²) in [4.78, 5) is 23.4. The van der Waals surface area contributed by atoms with Gasteiger partial charge in [-0.25, -0.2) is 4.79 Å². The average Bonchev–Trinajstić information content (AvgIpc) is 2.05. The standard InChI is InChI=1S/C8H11NO4S/c1-8(13)3-14-5-2-4(10)9(5)6(8)7(11)12/h5-6,13H,2-3H2,1H3,(H,11,12)/t5-,6?,8?/m1/s1. The normalized spacial score (nSPS) is 41.6. The zero-order chi connectivity index (χ0) is 10.5. The third-order valence-electron chi connectivity index (χ3n) is 2.62. The summed E-state index contributed by atoms with van der Waals surface area (Å²) in [5.41, 5.74) is -1.33. The molecule has 0 aromatic carbocycles. The van der Waals surface area contributed by atoms with Crippen LogP contribution in [-0.4, -0.2) is 49.8 Å². The van der Waals surface area contributed by atoms with Gasteiger partial charge < -0.3 is 15.1 Å². The molecular weight excluding hydrogens is 206 g/mol. The van der Waals surface area contributed by atoms with Crippen LogP contribution in [0.2, 0.25) is 0 Å². The quantitative estimate of drug-likeness (QED) is 0.579. The smallest absolute Gasteiger partial charge is 0.329 e. The first kappa shape index (κ1) is 9.79. The van der Waals surface area contributed by atoms with E-state index in [2.05, 4.69) is 0 Å². The fraction of sp³-hybridized carbons (Fsp3) is 0.750. The zero-order valence-corrected chi connectivity index (χ0v) is 8.45. The first-order valence-electron chi connectivity index (χ1n) is 4.31. The van der Waals surface area contributed by atoms with Crippen molar-refractivity contribution >= 4 is 23.6 Å². The molecule has 2 aliphatic rings. The number of carbonyl (C=O) groups is 2. The number of carboxylic acid groups (broad SMARTS) is 1. The minimum atomic E-state index is -1.33. The molecule has 0 spiro atoms. The van der Waals surface area contributed by atoms with Gasteiger partial charge in [-0.05, 0) is 6.92 Å². The second-order valence-corrected chi connectivity index (χ2v) is 5.03. The van der Waals surface area contributed by atoms with Crippen LogP contribution in [0.3, 0.4) is 0 Å². The predicted octanol–water partition coefficient (Wildman–Crippen LogP) is -0.504. The lowest BCUT2D eigenvalue weighted by atomic mass is 9.93. The summed E-state index contributed by atoms with van der Waals surface area (Å²) < 4.78 is 0. The molecule has 2 fully saturated rings. The molecular formula is C8H11NO4S. The molecule has 14 heavy (non-hydrogen) atoms. The molecule has 2 rings (SSSR count). The fourth-order valence-corrected chi connectivity index (χ4v) is 3.23. The van der Waals surface area contributed by atoms with E-state index in [9.17, 15) is 14.7 Å². The highest BCUT2D eigenvalue weighted by Gasteiger charge is 2.55. The number of hydrogen-bond acceptors (Lipinski definition) is 4. The van der Waals surface area contributed by atoms with Crippen LogP contribution in [0.5, 0.6) is 0 Å². The van der Waals surface area contributed by atoms with Crippen molar-refractivity contribution in [1.29, 1.82) is 0 Å². The molecule has 2 N–H and O–H groups in total. The van der Waals surface area contributed by atoms with Crippen LogP contribution in [0, 0.1) is 0 Å². The number of aliphatic carboxylic acids is 1. The number of β-lactam (4-membered cyclic amide) rings is 1. The van der Waals surface area contributed by atoms with Crippen LogP contribution in [0.15, 0.2) is 0 Å². The molecule has 78 valence electrons. The van der Waals surface area contributed by atoms with Crippen molar-refractivity contribution in [1.82, 2.24) is 4.90 Å². The SMILES string of the molecule is CC1(O)CS[C@@H]2CC(=O)N2C1C(=O)O. The van der Waals surface area contributed by atoms with E-state index in [1.807, 2.05) is 0 Å². The Balaban J connectivity index is 2.28. The second kappa shape index (κ2) is 2.87. The molecule has 0 aliphatic carbocycles. The number of carbonyl (C=O) groups excluding carboxylic acids is 1. The van der Waals surface area contributed by atoms with E-state index in [0.717, 1.165) is 0 Å². The highest BCUT2D eigenvalue weighted by molar-refractivity contribution is 8.00. The summed E-state index contributed by atoms with van der Waals surface area (Å²) in [6.07, 6.45) is 0.393. The molecule has 2 aliphatic heterocycles. The van der Waals surface area contributed by atoms with E-state index >= 15 is 0 Å². The molecule has 0 saturated carbocycles. The Morgan fingerprint density at radius 2 is 2.36 bits per heavy atom. The van der Waals surface area contributed by atoms with Gasteiger partial charge in [0.1, 0.15) is 5.60 Å². The Labute approximate surface area is 85.1 Å². The van der Waals surface area contributed by atoms with Gasteiger partial charge in [0.15, 0.2) is 6.04 Å². The van der Waals surface area contributed by atoms with Gasteiger partial charge in [0.25, 0.3) is 0 Å². The third-order valence-corrected chi connectivity index (χ3v) is 4.15. The van der Waals surface area contributed by atoms with E-state index in [1.54, 1.807) is 0 Å². The Hall–Kier alpha value is -0.750. The zero-order valence-electron chi connectivity index (χ0n) is 7.64. The summed E-state index contributed by atoms with van der Waals surface area (Å²) in [5.74, 6) is -0.957. The van der Waals surface area contributed by atoms with Crippen LogP contribution in [-0.2, 0) is 9.59 Å². The van der Waals surface area contributed by atoms with Crippen molar-refractivity contribution in [3.63, 3.8) is 0 Å². The molecule has 6 heteroatoms. The minimum Gasteiger partial charge on any atom is -0.480 e. The third kappa shape index (κ3) is 1.21. The maximum absolute atomic E-state index is 11.2. The summed E-state index contributed by atoms with van der Waals surface area (Å²) in [5, 5.41) is 18.7. The lowest BCUT2D eigenvalue weighted by Gasteiger charge is -2.52. The van der Waals surface area contributed by atoms with Gasteiger partial charge in [0, 0.05) is 5.75 Å². The molecule has 3 atom stereocenters. The fourth-order valence-electron chi connectivity index (χ4n) is 1.88. The number of aliphatic hydroxyl groups is 1. The van der Waals surface area contributed by atoms with E-state index in [-0.39, 0.29) is 11.3 Å². The predicted molar refractivity (Wildman–Crippen MR) is 49.8 cm³/mol. The molecule has 1 amide bonds. The Morgan fingerprint density at radius 3 is 2.79 bits per heavy atom. The molecule has 5 nitrogen and oxygen atoms in total. The van der Waals surface area contributed by atoms with Crippen molar-refractivity contribution in [3.05, 3.63) is 0 Å². The van der Waals surface area contributed by atoms with Crippen LogP contribution < -0.4 is 0 Å². The summed E-state index contributed by atoms with van der Waals surface area (Å²) in [6.45, 7) is 1.46. The van der Waals surface area contributed by atoms with E-state index in [1.165, 1.54) is 23.6 Å². The van der Waals surface area contributed by atoms with Crippen LogP contribution in [0.25, 0.3) is 0 Å². The van der Waals surface area contributed by atoms with Gasteiger partial charge >= 0.3 is 5.97 Å². The number of hydrogen-bond donors (Lipinski definition) is 2. The van der Waals surface area contributed by atoms with Crippen molar-refractivity contribution in [2.24, 2.45) is 0 Å². The van der Waals surface area contributed by atoms with Gasteiger partial charge in [-0.2, -0.15) is 0 Å². The summed E-state index contributed by atoms with van der Waals surface area (Å²) >= 11 is 1.44. The molecule has 0 aromatic rings. The Kier molecular flexibility index (Phi) is 2.01. The van der Waals surface area contributed by atoms with Crippen molar-refractivity contribution in [3.8, 4) is 0 Å². The largest absolute Gasteiger partial charge is 0.480 e. The van der Waals surface area contributed by atoms with Gasteiger partial charge in [-0.1, -0.05) is 0 Å². The first-order valence-corrected chi connectivity index (χ1v) is 5.36. The molecule has 2 heterocycles. The molecule has 2 unspecified atom stereocenters. The number of amides is 1. The molecule has 0 aromatic heterocycles. The van der Waals surface area contributed by atoms with Crippen molar-refractivity contribution < 1.29 is 19.8 Å². The molecule has 0 bridgehead atoms. The average molecular weight is 217 g/mol. The first-order chi connectivity index (χ1) is 6.43. The van der Waals surface area contributed by atoms with Crippen molar-refractivity contribution in [2.45, 2.75) is 30.4 Å². The van der Waals surface area contributed by atoms with E-state index < -0.39 is 17.6 Å². The maximum Gasteiger partial charge on any atom is 0.329 e. The van der Waals surface area contributed by atoms with Crippen LogP contribution in [0.1, 0.15) is 13.3 Å². The van der Waals surface area contributed by atoms with Gasteiger partial charge in [0.05, 0.1) is 11.8 Å². The Bertz CT molecular complexity index is 304. The second-order valence-electron chi connectivity index (χ2n) is 3.87. The highest BCUT2D eigenvalue weighted by Crippen LogP contribution is 2.41. The van der Waals surface area contributed by atoms with E-state index in [4.69, 9.17) is 5.11 Å². The Morgan fingerprint density at radius 1 is 1.71 bits per heavy atom. The number of carboxylic acids is 1. The van der Waals surface area contributed by atoms with Gasteiger partial charge in [-0.15, -0.1) is 11.8 Å². The molecule has 0 radical (unpaired) electrons. The monoisotopic (exact) mass is 217 g/mol. The van der Waals surface area contributed by atoms with E-state index in [0.29, 0.717) is 12.2 Å². The number of rotatable bonds is 1. The lowest BCUT2D eigenvalue weighted by molar-refractivity contribution is -0.170. The number of fused-ring (bicyclic) bond motifs is 1. The maximum atomic E-state index is 11.2. The minimum absolute atomic E-state index is 0.0520. The van der Waals surface area contributed by atoms with Gasteiger partial charge in [-0.3, -0.25) is 4.79 Å². The molecule has 2 saturated heterocycles. The lowest BCUT2D eigenvalue weighted by Crippen LogP contribution is -2.69. The van der Waals surface area contributed by atoms with Gasteiger partial charge in [0.2, 0.25) is 5.91 Å². The van der Waals surface area contributed by atoms with Crippen molar-refractivity contribution in [2.75, 3.05) is 5.75 Å². The summed E-state index contributed by atoms with van der Waals surface area (Å²) in [6, 6.07) is -1.09. The van der Waals surface area contributed by atoms with Crippen LogP contribution >= 0.6 is 11.8 Å². The number of thioether (sulfide) groups is 1. The highest BCUT2D eigenvalue weighted by atomic mass is 32.2.